The second-order valence-electron chi connectivity index (χ2n) is 6.28. The molecule has 0 amide bonds. The first-order valence-electron chi connectivity index (χ1n) is 7.66. The summed E-state index contributed by atoms with van der Waals surface area (Å²) < 4.78 is 5.35. The lowest BCUT2D eigenvalue weighted by molar-refractivity contribution is -0.119. The summed E-state index contributed by atoms with van der Waals surface area (Å²) in [7, 11) is 2.23. The molecule has 0 spiro atoms. The molecule has 1 aromatic heterocycles. The zero-order valence-corrected chi connectivity index (χ0v) is 12.5. The average molecular weight is 277 g/mol. The maximum Gasteiger partial charge on any atom is 0.237 e. The van der Waals surface area contributed by atoms with E-state index in [1.165, 1.54) is 12.8 Å². The molecule has 0 saturated carbocycles. The highest BCUT2D eigenvalue weighted by Gasteiger charge is 2.40. The van der Waals surface area contributed by atoms with Crippen LogP contribution in [-0.2, 0) is 4.79 Å². The summed E-state index contributed by atoms with van der Waals surface area (Å²) in [6, 6.07) is 1.32. The van der Waals surface area contributed by atoms with E-state index < -0.39 is 0 Å². The molecule has 5 nitrogen and oxygen atoms in total. The van der Waals surface area contributed by atoms with Gasteiger partial charge >= 0.3 is 0 Å². The van der Waals surface area contributed by atoms with Crippen molar-refractivity contribution in [2.45, 2.75) is 69.9 Å². The quantitative estimate of drug-likeness (QED) is 0.846. The van der Waals surface area contributed by atoms with E-state index >= 15 is 0 Å². The predicted octanol–water partition coefficient (Wildman–Crippen LogP) is 2.49. The van der Waals surface area contributed by atoms with Crippen molar-refractivity contribution in [1.82, 2.24) is 15.0 Å². The van der Waals surface area contributed by atoms with Gasteiger partial charge in [-0.3, -0.25) is 4.79 Å². The summed E-state index contributed by atoms with van der Waals surface area (Å²) >= 11 is 0. The second kappa shape index (κ2) is 5.28. The Morgan fingerprint density at radius 3 is 2.60 bits per heavy atom. The lowest BCUT2D eigenvalue weighted by Crippen LogP contribution is -2.39. The van der Waals surface area contributed by atoms with E-state index in [4.69, 9.17) is 4.52 Å². The fourth-order valence-corrected chi connectivity index (χ4v) is 3.81. The van der Waals surface area contributed by atoms with E-state index in [0.717, 1.165) is 25.1 Å². The minimum atomic E-state index is -0.237. The number of carbonyl (C=O) groups is 1. The van der Waals surface area contributed by atoms with Crippen LogP contribution < -0.4 is 0 Å². The highest BCUT2D eigenvalue weighted by atomic mass is 16.5. The molecule has 5 heteroatoms. The van der Waals surface area contributed by atoms with E-state index in [-0.39, 0.29) is 11.7 Å². The summed E-state index contributed by atoms with van der Waals surface area (Å²) in [6.45, 7) is 3.57. The van der Waals surface area contributed by atoms with Crippen LogP contribution in [0.1, 0.15) is 69.5 Å². The maximum atomic E-state index is 11.6. The third-order valence-electron chi connectivity index (χ3n) is 5.12. The predicted molar refractivity (Wildman–Crippen MR) is 74.6 cm³/mol. The van der Waals surface area contributed by atoms with Gasteiger partial charge in [0.15, 0.2) is 5.82 Å². The summed E-state index contributed by atoms with van der Waals surface area (Å²) in [5.41, 5.74) is 0. The number of carbonyl (C=O) groups excluding carboxylic acids is 1. The van der Waals surface area contributed by atoms with Gasteiger partial charge in [0.25, 0.3) is 0 Å². The fourth-order valence-electron chi connectivity index (χ4n) is 3.81. The van der Waals surface area contributed by atoms with Gasteiger partial charge < -0.3 is 9.42 Å². The lowest BCUT2D eigenvalue weighted by Gasteiger charge is -2.34. The number of fused-ring (bicyclic) bond motifs is 2. The van der Waals surface area contributed by atoms with E-state index in [1.54, 1.807) is 6.92 Å². The molecule has 2 fully saturated rings. The van der Waals surface area contributed by atoms with Crippen molar-refractivity contribution in [2.24, 2.45) is 0 Å². The summed E-state index contributed by atoms with van der Waals surface area (Å²) in [6.07, 6.45) is 5.52. The van der Waals surface area contributed by atoms with Gasteiger partial charge in [-0.2, -0.15) is 4.98 Å². The van der Waals surface area contributed by atoms with E-state index in [9.17, 15) is 4.79 Å². The second-order valence-corrected chi connectivity index (χ2v) is 6.28. The lowest BCUT2D eigenvalue weighted by atomic mass is 9.90. The Labute approximate surface area is 119 Å². The molecule has 2 aliphatic rings. The SMILES string of the molecule is CCC(C(C)=O)c1nc(C2CC3CCC(C2)N3C)no1. The van der Waals surface area contributed by atoms with E-state index in [0.29, 0.717) is 23.9 Å². The molecule has 0 aromatic carbocycles. The van der Waals surface area contributed by atoms with Crippen LogP contribution in [0.3, 0.4) is 0 Å². The molecular formula is C15H23N3O2. The standard InChI is InChI=1S/C15H23N3O2/c1-4-13(9(2)19)15-16-14(17-20-15)10-7-11-5-6-12(8-10)18(11)3/h10-13H,4-8H2,1-3H3. The van der Waals surface area contributed by atoms with Crippen LogP contribution in [-0.4, -0.2) is 40.0 Å². The Hall–Kier alpha value is -1.23. The maximum absolute atomic E-state index is 11.6. The molecule has 3 rings (SSSR count). The van der Waals surface area contributed by atoms with Crippen molar-refractivity contribution >= 4 is 5.78 Å². The first-order chi connectivity index (χ1) is 9.60. The topological polar surface area (TPSA) is 59.2 Å². The van der Waals surface area contributed by atoms with Crippen LogP contribution in [0, 0.1) is 0 Å². The van der Waals surface area contributed by atoms with Crippen molar-refractivity contribution in [1.29, 1.82) is 0 Å². The first kappa shape index (κ1) is 13.7. The number of Topliss-reactive ketones (excluding diaryl/α,β-unsaturated/α-hetero) is 1. The molecule has 2 bridgehead atoms. The number of ketones is 1. The number of hydrogen-bond donors (Lipinski definition) is 0. The Bertz CT molecular complexity index is 485. The monoisotopic (exact) mass is 277 g/mol. The van der Waals surface area contributed by atoms with Gasteiger partial charge in [-0.05, 0) is 46.1 Å². The molecule has 3 atom stereocenters. The minimum absolute atomic E-state index is 0.103. The minimum Gasteiger partial charge on any atom is -0.339 e. The van der Waals surface area contributed by atoms with Crippen LogP contribution in [0.4, 0.5) is 0 Å². The van der Waals surface area contributed by atoms with Gasteiger partial charge in [0, 0.05) is 18.0 Å². The zero-order chi connectivity index (χ0) is 14.3. The number of nitrogens with zero attached hydrogens (tertiary/aromatic N) is 3. The molecule has 0 radical (unpaired) electrons. The molecule has 1 aromatic rings. The normalized spacial score (nSPS) is 31.4. The van der Waals surface area contributed by atoms with Gasteiger partial charge in [0.2, 0.25) is 5.89 Å². The van der Waals surface area contributed by atoms with Crippen LogP contribution in [0.15, 0.2) is 4.52 Å². The van der Waals surface area contributed by atoms with Gasteiger partial charge in [0.05, 0.1) is 5.92 Å². The third-order valence-corrected chi connectivity index (χ3v) is 5.12. The Morgan fingerprint density at radius 1 is 1.40 bits per heavy atom. The van der Waals surface area contributed by atoms with Crippen LogP contribution in [0.25, 0.3) is 0 Å². The molecule has 2 saturated heterocycles. The van der Waals surface area contributed by atoms with Gasteiger partial charge in [-0.15, -0.1) is 0 Å². The smallest absolute Gasteiger partial charge is 0.237 e. The number of aromatic nitrogens is 2. The Balaban J connectivity index is 1.76. The van der Waals surface area contributed by atoms with E-state index in [2.05, 4.69) is 22.1 Å². The molecule has 2 aliphatic heterocycles. The molecule has 0 aliphatic carbocycles. The van der Waals surface area contributed by atoms with Gasteiger partial charge in [-0.25, -0.2) is 0 Å². The summed E-state index contributed by atoms with van der Waals surface area (Å²) in [5.74, 6) is 1.57. The molecule has 3 heterocycles. The summed E-state index contributed by atoms with van der Waals surface area (Å²) in [5, 5.41) is 4.16. The zero-order valence-electron chi connectivity index (χ0n) is 12.5. The average Bonchev–Trinajstić information content (AvgIpc) is 2.93. The first-order valence-corrected chi connectivity index (χ1v) is 7.66. The van der Waals surface area contributed by atoms with Crippen molar-refractivity contribution < 1.29 is 9.32 Å². The third kappa shape index (κ3) is 2.28. The Kier molecular flexibility index (Phi) is 3.63. The van der Waals surface area contributed by atoms with Crippen molar-refractivity contribution in [3.63, 3.8) is 0 Å². The highest BCUT2D eigenvalue weighted by molar-refractivity contribution is 5.82. The largest absolute Gasteiger partial charge is 0.339 e. The number of rotatable bonds is 4. The van der Waals surface area contributed by atoms with Crippen molar-refractivity contribution in [2.75, 3.05) is 7.05 Å². The molecule has 20 heavy (non-hydrogen) atoms. The molecule has 0 N–H and O–H groups in total. The Morgan fingerprint density at radius 2 is 2.05 bits per heavy atom. The van der Waals surface area contributed by atoms with Gasteiger partial charge in [0.1, 0.15) is 5.78 Å². The van der Waals surface area contributed by atoms with Crippen LogP contribution >= 0.6 is 0 Å². The molecular weight excluding hydrogens is 254 g/mol. The highest BCUT2D eigenvalue weighted by Crippen LogP contribution is 2.41. The van der Waals surface area contributed by atoms with Gasteiger partial charge in [-0.1, -0.05) is 12.1 Å². The molecule has 3 unspecified atom stereocenters. The fraction of sp³-hybridized carbons (Fsp3) is 0.800. The molecule has 110 valence electrons. The van der Waals surface area contributed by atoms with Crippen LogP contribution in [0.5, 0.6) is 0 Å². The van der Waals surface area contributed by atoms with E-state index in [1.807, 2.05) is 6.92 Å². The van der Waals surface area contributed by atoms with Crippen molar-refractivity contribution in [3.8, 4) is 0 Å². The number of hydrogen-bond acceptors (Lipinski definition) is 5. The number of piperidine rings is 1. The summed E-state index contributed by atoms with van der Waals surface area (Å²) in [4.78, 5) is 18.6. The van der Waals surface area contributed by atoms with Crippen LogP contribution in [0.2, 0.25) is 0 Å². The van der Waals surface area contributed by atoms with Crippen molar-refractivity contribution in [3.05, 3.63) is 11.7 Å².